The molecule has 30 heavy (non-hydrogen) atoms. The van der Waals surface area contributed by atoms with Crippen molar-refractivity contribution in [2.24, 2.45) is 5.92 Å². The molecule has 1 fully saturated rings. The minimum absolute atomic E-state index is 0.128. The molecule has 0 radical (unpaired) electrons. The van der Waals surface area contributed by atoms with Crippen molar-refractivity contribution in [3.05, 3.63) is 47.2 Å². The predicted molar refractivity (Wildman–Crippen MR) is 114 cm³/mol. The molecule has 8 nitrogen and oxygen atoms in total. The molecule has 2 heterocycles. The summed E-state index contributed by atoms with van der Waals surface area (Å²) in [6.07, 6.45) is 0.506. The lowest BCUT2D eigenvalue weighted by Gasteiger charge is -2.30. The monoisotopic (exact) mass is 425 g/mol. The summed E-state index contributed by atoms with van der Waals surface area (Å²) in [4.78, 5) is 31.2. The highest BCUT2D eigenvalue weighted by atomic mass is 32.1. The maximum Gasteiger partial charge on any atom is 0.175 e. The number of aliphatic carboxylic acids is 1. The quantitative estimate of drug-likeness (QED) is 0.393. The van der Waals surface area contributed by atoms with Crippen LogP contribution >= 0.6 is 12.2 Å². The van der Waals surface area contributed by atoms with Gasteiger partial charge in [-0.3, -0.25) is 4.79 Å². The lowest BCUT2D eigenvalue weighted by Crippen LogP contribution is -2.49. The summed E-state index contributed by atoms with van der Waals surface area (Å²) in [7, 11) is 0. The van der Waals surface area contributed by atoms with Gasteiger partial charge in [0, 0.05) is 23.8 Å². The lowest BCUT2D eigenvalue weighted by atomic mass is 9.96. The van der Waals surface area contributed by atoms with Crippen LogP contribution in [-0.2, 0) is 9.59 Å². The number of hydrogen-bond acceptors (Lipinski definition) is 7. The van der Waals surface area contributed by atoms with Crippen LogP contribution in [0.25, 0.3) is 11.0 Å². The van der Waals surface area contributed by atoms with Crippen LogP contribution in [0.5, 0.6) is 5.75 Å². The summed E-state index contributed by atoms with van der Waals surface area (Å²) in [5.74, 6) is -1.25. The van der Waals surface area contributed by atoms with Crippen molar-refractivity contribution >= 4 is 46.4 Å². The zero-order valence-electron chi connectivity index (χ0n) is 16.3. The second kappa shape index (κ2) is 8.19. The van der Waals surface area contributed by atoms with Gasteiger partial charge in [0.05, 0.1) is 23.0 Å². The molecular weight excluding hydrogens is 404 g/mol. The Morgan fingerprint density at radius 1 is 1.20 bits per heavy atom. The molecule has 2 aromatic carbocycles. The number of ketones is 1. The number of carboxylic acid groups (broad SMARTS) is 1. The first-order valence-electron chi connectivity index (χ1n) is 9.59. The summed E-state index contributed by atoms with van der Waals surface area (Å²) in [5, 5.41) is 14.8. The number of benzene rings is 2. The number of Topliss-reactive ketones (excluding diaryl/α,β-unsaturated/α-hetero) is 1. The van der Waals surface area contributed by atoms with E-state index in [1.54, 1.807) is 29.2 Å². The Bertz CT molecular complexity index is 1140. The van der Waals surface area contributed by atoms with Crippen LogP contribution in [0.4, 0.5) is 11.4 Å². The second-order valence-electron chi connectivity index (χ2n) is 7.26. The third-order valence-electron chi connectivity index (χ3n) is 5.36. The molecule has 2 unspecified atom stereocenters. The van der Waals surface area contributed by atoms with Gasteiger partial charge in [-0.1, -0.05) is 0 Å². The van der Waals surface area contributed by atoms with Gasteiger partial charge in [-0.2, -0.15) is 0 Å². The number of nitrogens with one attached hydrogen (secondary N) is 3. The van der Waals surface area contributed by atoms with Crippen molar-refractivity contribution in [1.82, 2.24) is 9.97 Å². The molecule has 2 atom stereocenters. The minimum atomic E-state index is -1.22. The van der Waals surface area contributed by atoms with Crippen LogP contribution in [0.2, 0.25) is 0 Å². The number of fused-ring (bicyclic) bond motifs is 1. The summed E-state index contributed by atoms with van der Waals surface area (Å²) >= 11 is 5.09. The molecule has 1 aromatic heterocycles. The van der Waals surface area contributed by atoms with Crippen molar-refractivity contribution in [3.8, 4) is 5.75 Å². The number of anilines is 2. The Kier molecular flexibility index (Phi) is 5.45. The Balaban J connectivity index is 1.38. The van der Waals surface area contributed by atoms with Gasteiger partial charge >= 0.3 is 0 Å². The fourth-order valence-electron chi connectivity index (χ4n) is 3.88. The van der Waals surface area contributed by atoms with Crippen molar-refractivity contribution in [3.63, 3.8) is 0 Å². The molecule has 156 valence electrons. The van der Waals surface area contributed by atoms with E-state index >= 15 is 0 Å². The molecule has 1 aliphatic rings. The van der Waals surface area contributed by atoms with Crippen molar-refractivity contribution in [2.45, 2.75) is 19.4 Å². The highest BCUT2D eigenvalue weighted by molar-refractivity contribution is 7.71. The lowest BCUT2D eigenvalue weighted by molar-refractivity contribution is -0.308. The molecule has 0 aliphatic carbocycles. The number of aromatic nitrogens is 2. The number of H-pyrrole nitrogens is 2. The third-order valence-corrected chi connectivity index (χ3v) is 5.57. The standard InChI is InChI=1S/C21H22N4O4S/c1-12(26)16-8-9-25(19(16)20(27)28)14-3-5-15(6-4-14)29-11-22-13-2-7-17-18(10-13)24-21(30)23-17/h2-7,10,16,19,22H,8-9,11H2,1H3,(H,27,28)(H2,23,24,30)/p-1. The first kappa shape index (κ1) is 20.0. The minimum Gasteiger partial charge on any atom is -0.548 e. The highest BCUT2D eigenvalue weighted by Gasteiger charge is 2.37. The molecule has 0 bridgehead atoms. The maximum atomic E-state index is 11.7. The van der Waals surface area contributed by atoms with Gasteiger partial charge in [0.25, 0.3) is 0 Å². The summed E-state index contributed by atoms with van der Waals surface area (Å²) in [6, 6.07) is 12.0. The largest absolute Gasteiger partial charge is 0.548 e. The zero-order chi connectivity index (χ0) is 21.3. The van der Waals surface area contributed by atoms with E-state index in [2.05, 4.69) is 15.3 Å². The topological polar surface area (TPSA) is 113 Å². The van der Waals surface area contributed by atoms with Crippen LogP contribution in [0, 0.1) is 10.7 Å². The molecular formula is C21H21N4O4S-. The van der Waals surface area contributed by atoms with Crippen LogP contribution in [-0.4, -0.2) is 41.0 Å². The van der Waals surface area contributed by atoms with E-state index in [0.717, 1.165) is 22.4 Å². The second-order valence-corrected chi connectivity index (χ2v) is 7.67. The summed E-state index contributed by atoms with van der Waals surface area (Å²) in [6.45, 7) is 2.18. The first-order valence-corrected chi connectivity index (χ1v) is 10.00. The Morgan fingerprint density at radius 2 is 1.93 bits per heavy atom. The Labute approximate surface area is 177 Å². The van der Waals surface area contributed by atoms with Crippen LogP contribution in [0.1, 0.15) is 13.3 Å². The van der Waals surface area contributed by atoms with Gasteiger partial charge in [0.1, 0.15) is 11.5 Å². The maximum absolute atomic E-state index is 11.7. The number of nitrogens with zero attached hydrogens (tertiary/aromatic N) is 1. The summed E-state index contributed by atoms with van der Waals surface area (Å²) in [5.41, 5.74) is 3.45. The number of carbonyl (C=O) groups excluding carboxylic acids is 2. The van der Waals surface area contributed by atoms with Crippen molar-refractivity contribution in [2.75, 3.05) is 23.5 Å². The van der Waals surface area contributed by atoms with E-state index in [4.69, 9.17) is 17.0 Å². The van der Waals surface area contributed by atoms with Crippen molar-refractivity contribution in [1.29, 1.82) is 0 Å². The highest BCUT2D eigenvalue weighted by Crippen LogP contribution is 2.31. The number of ether oxygens (including phenoxy) is 1. The van der Waals surface area contributed by atoms with Gasteiger partial charge in [-0.25, -0.2) is 0 Å². The average molecular weight is 425 g/mol. The molecule has 4 rings (SSSR count). The van der Waals surface area contributed by atoms with E-state index < -0.39 is 17.9 Å². The summed E-state index contributed by atoms with van der Waals surface area (Å²) < 4.78 is 6.30. The van der Waals surface area contributed by atoms with Gasteiger partial charge in [0.15, 0.2) is 11.5 Å². The third kappa shape index (κ3) is 4.02. The van der Waals surface area contributed by atoms with Gasteiger partial charge in [-0.15, -0.1) is 0 Å². The van der Waals surface area contributed by atoms with E-state index in [9.17, 15) is 14.7 Å². The molecule has 3 aromatic rings. The SMILES string of the molecule is CC(=O)C1CCN(c2ccc(OCNc3ccc4[nH]c(=S)[nH]c4c3)cc2)C1C(=O)[O-]. The first-order chi connectivity index (χ1) is 14.4. The van der Waals surface area contributed by atoms with Gasteiger partial charge in [0.2, 0.25) is 0 Å². The Morgan fingerprint density at radius 3 is 2.63 bits per heavy atom. The number of aromatic amines is 2. The molecule has 0 amide bonds. The molecule has 3 N–H and O–H groups in total. The van der Waals surface area contributed by atoms with E-state index in [1.165, 1.54) is 6.92 Å². The number of rotatable bonds is 7. The number of imidazole rings is 1. The normalized spacial score (nSPS) is 18.5. The molecule has 0 saturated carbocycles. The van der Waals surface area contributed by atoms with Gasteiger partial charge in [-0.05, 0) is 68.0 Å². The van der Waals surface area contributed by atoms with E-state index in [-0.39, 0.29) is 12.5 Å². The predicted octanol–water partition coefficient (Wildman–Crippen LogP) is 2.21. The molecule has 1 aliphatic heterocycles. The number of hydrogen-bond donors (Lipinski definition) is 3. The fraction of sp³-hybridized carbons (Fsp3) is 0.286. The number of carbonyl (C=O) groups is 2. The van der Waals surface area contributed by atoms with Gasteiger partial charge < -0.3 is 34.8 Å². The molecule has 9 heteroatoms. The Hall–Kier alpha value is -3.33. The zero-order valence-corrected chi connectivity index (χ0v) is 17.1. The smallest absolute Gasteiger partial charge is 0.175 e. The fourth-order valence-corrected chi connectivity index (χ4v) is 4.10. The van der Waals surface area contributed by atoms with Crippen LogP contribution < -0.4 is 20.1 Å². The van der Waals surface area contributed by atoms with E-state index in [0.29, 0.717) is 23.5 Å². The molecule has 0 spiro atoms. The van der Waals surface area contributed by atoms with Crippen molar-refractivity contribution < 1.29 is 19.4 Å². The van der Waals surface area contributed by atoms with Crippen LogP contribution in [0.3, 0.4) is 0 Å². The van der Waals surface area contributed by atoms with Crippen LogP contribution in [0.15, 0.2) is 42.5 Å². The molecule has 1 saturated heterocycles. The average Bonchev–Trinajstić information content (AvgIpc) is 3.31. The number of carboxylic acids is 1. The van der Waals surface area contributed by atoms with E-state index in [1.807, 2.05) is 18.2 Å².